The second-order valence-corrected chi connectivity index (χ2v) is 4.50. The molecular weight excluding hydrogens is 234 g/mol. The van der Waals surface area contributed by atoms with Crippen molar-refractivity contribution >= 4 is 11.8 Å². The predicted octanol–water partition coefficient (Wildman–Crippen LogP) is 1.68. The van der Waals surface area contributed by atoms with Crippen LogP contribution in [0.4, 0.5) is 5.82 Å². The van der Waals surface area contributed by atoms with Crippen LogP contribution in [0.15, 0.2) is 12.4 Å². The first-order chi connectivity index (χ1) is 8.63. The molecule has 1 heterocycles. The molecular formula is C12H17N3O3. The van der Waals surface area contributed by atoms with Crippen molar-refractivity contribution in [1.29, 1.82) is 0 Å². The summed E-state index contributed by atoms with van der Waals surface area (Å²) in [5.41, 5.74) is -0.357. The zero-order chi connectivity index (χ0) is 13.0. The van der Waals surface area contributed by atoms with Crippen LogP contribution in [-0.2, 0) is 4.79 Å². The van der Waals surface area contributed by atoms with Crippen LogP contribution >= 0.6 is 0 Å². The standard InChI is InChI=1S/C12H17N3O3/c1-2-18-10-6-9(13-8-14-10)15-12(4-3-5-12)7-11(16)17/h6,8H,2-5,7H2,1H3,(H,16,17)(H,13,14,15). The van der Waals surface area contributed by atoms with Gasteiger partial charge in [-0.2, -0.15) is 0 Å². The smallest absolute Gasteiger partial charge is 0.305 e. The van der Waals surface area contributed by atoms with Gasteiger partial charge in [0.2, 0.25) is 5.88 Å². The molecule has 1 aromatic heterocycles. The molecule has 2 N–H and O–H groups in total. The molecule has 1 aromatic rings. The van der Waals surface area contributed by atoms with Crippen molar-refractivity contribution in [1.82, 2.24) is 9.97 Å². The third-order valence-electron chi connectivity index (χ3n) is 3.13. The summed E-state index contributed by atoms with van der Waals surface area (Å²) in [4.78, 5) is 18.9. The van der Waals surface area contributed by atoms with Gasteiger partial charge >= 0.3 is 5.97 Å². The number of hydrogen-bond donors (Lipinski definition) is 2. The van der Waals surface area contributed by atoms with E-state index in [4.69, 9.17) is 9.84 Å². The van der Waals surface area contributed by atoms with Crippen LogP contribution in [0.25, 0.3) is 0 Å². The Balaban J connectivity index is 2.07. The van der Waals surface area contributed by atoms with E-state index >= 15 is 0 Å². The third-order valence-corrected chi connectivity index (χ3v) is 3.13. The van der Waals surface area contributed by atoms with Crippen molar-refractivity contribution in [2.24, 2.45) is 0 Å². The van der Waals surface area contributed by atoms with Gasteiger partial charge in [0, 0.05) is 11.6 Å². The van der Waals surface area contributed by atoms with Gasteiger partial charge < -0.3 is 15.2 Å². The van der Waals surface area contributed by atoms with Crippen LogP contribution in [0, 0.1) is 0 Å². The largest absolute Gasteiger partial charge is 0.481 e. The van der Waals surface area contributed by atoms with E-state index in [1.807, 2.05) is 6.92 Å². The molecule has 0 bridgehead atoms. The lowest BCUT2D eigenvalue weighted by Gasteiger charge is -2.41. The van der Waals surface area contributed by atoms with Crippen molar-refractivity contribution in [2.45, 2.75) is 38.1 Å². The van der Waals surface area contributed by atoms with Crippen LogP contribution < -0.4 is 10.1 Å². The van der Waals surface area contributed by atoms with Crippen molar-refractivity contribution in [2.75, 3.05) is 11.9 Å². The number of aliphatic carboxylic acids is 1. The van der Waals surface area contributed by atoms with Gasteiger partial charge in [0.15, 0.2) is 0 Å². The molecule has 0 amide bonds. The van der Waals surface area contributed by atoms with Crippen LogP contribution in [0.3, 0.4) is 0 Å². The number of anilines is 1. The Bertz CT molecular complexity index is 432. The van der Waals surface area contributed by atoms with Gasteiger partial charge in [-0.1, -0.05) is 0 Å². The molecule has 18 heavy (non-hydrogen) atoms. The summed E-state index contributed by atoms with van der Waals surface area (Å²) in [6, 6.07) is 1.70. The number of nitrogens with one attached hydrogen (secondary N) is 1. The van der Waals surface area contributed by atoms with Gasteiger partial charge in [0.05, 0.1) is 13.0 Å². The first-order valence-corrected chi connectivity index (χ1v) is 6.08. The average molecular weight is 251 g/mol. The van der Waals surface area contributed by atoms with E-state index in [0.717, 1.165) is 19.3 Å². The molecule has 0 aromatic carbocycles. The number of carboxylic acids is 1. The van der Waals surface area contributed by atoms with E-state index in [9.17, 15) is 4.79 Å². The van der Waals surface area contributed by atoms with E-state index in [0.29, 0.717) is 18.3 Å². The van der Waals surface area contributed by atoms with Gasteiger partial charge in [-0.05, 0) is 26.2 Å². The topological polar surface area (TPSA) is 84.3 Å². The molecule has 0 spiro atoms. The van der Waals surface area contributed by atoms with Gasteiger partial charge in [0.25, 0.3) is 0 Å². The minimum absolute atomic E-state index is 0.112. The van der Waals surface area contributed by atoms with Crippen molar-refractivity contribution in [3.63, 3.8) is 0 Å². The summed E-state index contributed by atoms with van der Waals surface area (Å²) >= 11 is 0. The highest BCUT2D eigenvalue weighted by Gasteiger charge is 2.39. The predicted molar refractivity (Wildman–Crippen MR) is 65.7 cm³/mol. The van der Waals surface area contributed by atoms with Crippen LogP contribution in [0.5, 0.6) is 5.88 Å². The molecule has 0 unspecified atom stereocenters. The van der Waals surface area contributed by atoms with Gasteiger partial charge in [-0.15, -0.1) is 0 Å². The second kappa shape index (κ2) is 5.20. The van der Waals surface area contributed by atoms with E-state index in [-0.39, 0.29) is 12.0 Å². The lowest BCUT2D eigenvalue weighted by molar-refractivity contribution is -0.138. The molecule has 0 atom stereocenters. The van der Waals surface area contributed by atoms with Gasteiger partial charge in [-0.3, -0.25) is 4.79 Å². The molecule has 1 aliphatic rings. The second-order valence-electron chi connectivity index (χ2n) is 4.50. The summed E-state index contributed by atoms with van der Waals surface area (Å²) in [7, 11) is 0. The highest BCUT2D eigenvalue weighted by atomic mass is 16.5. The molecule has 0 saturated heterocycles. The first-order valence-electron chi connectivity index (χ1n) is 6.08. The Hall–Kier alpha value is -1.85. The maximum atomic E-state index is 10.9. The van der Waals surface area contributed by atoms with Crippen LogP contribution in [-0.4, -0.2) is 33.2 Å². The number of aromatic nitrogens is 2. The minimum Gasteiger partial charge on any atom is -0.481 e. The van der Waals surface area contributed by atoms with Crippen molar-refractivity contribution in [3.05, 3.63) is 12.4 Å². The monoisotopic (exact) mass is 251 g/mol. The number of carboxylic acid groups (broad SMARTS) is 1. The molecule has 1 saturated carbocycles. The van der Waals surface area contributed by atoms with E-state index in [1.165, 1.54) is 6.33 Å². The van der Waals surface area contributed by atoms with Gasteiger partial charge in [-0.25, -0.2) is 9.97 Å². The summed E-state index contributed by atoms with van der Waals surface area (Å²) in [5.74, 6) is 0.329. The fourth-order valence-corrected chi connectivity index (χ4v) is 2.15. The molecule has 6 nitrogen and oxygen atoms in total. The third kappa shape index (κ3) is 2.88. The summed E-state index contributed by atoms with van der Waals surface area (Å²) < 4.78 is 5.29. The summed E-state index contributed by atoms with van der Waals surface area (Å²) in [6.45, 7) is 2.42. The maximum absolute atomic E-state index is 10.9. The number of rotatable bonds is 6. The van der Waals surface area contributed by atoms with Crippen molar-refractivity contribution in [3.8, 4) is 5.88 Å². The quantitative estimate of drug-likeness (QED) is 0.800. The maximum Gasteiger partial charge on any atom is 0.305 e. The van der Waals surface area contributed by atoms with Gasteiger partial charge in [0.1, 0.15) is 12.1 Å². The number of ether oxygens (including phenoxy) is 1. The minimum atomic E-state index is -0.790. The molecule has 0 radical (unpaired) electrons. The van der Waals surface area contributed by atoms with E-state index < -0.39 is 5.97 Å². The van der Waals surface area contributed by atoms with E-state index in [1.54, 1.807) is 6.07 Å². The first kappa shape index (κ1) is 12.6. The Kier molecular flexibility index (Phi) is 3.64. The zero-order valence-electron chi connectivity index (χ0n) is 10.3. The fourth-order valence-electron chi connectivity index (χ4n) is 2.15. The number of nitrogens with zero attached hydrogens (tertiary/aromatic N) is 2. The Morgan fingerprint density at radius 3 is 2.89 bits per heavy atom. The number of hydrogen-bond acceptors (Lipinski definition) is 5. The molecule has 1 fully saturated rings. The molecule has 0 aliphatic heterocycles. The molecule has 2 rings (SSSR count). The van der Waals surface area contributed by atoms with E-state index in [2.05, 4.69) is 15.3 Å². The summed E-state index contributed by atoms with van der Waals surface area (Å²) in [5, 5.41) is 12.1. The normalized spacial score (nSPS) is 16.7. The lowest BCUT2D eigenvalue weighted by atomic mass is 9.74. The molecule has 6 heteroatoms. The lowest BCUT2D eigenvalue weighted by Crippen LogP contribution is -2.46. The Morgan fingerprint density at radius 1 is 1.56 bits per heavy atom. The molecule has 1 aliphatic carbocycles. The Labute approximate surface area is 105 Å². The summed E-state index contributed by atoms with van der Waals surface area (Å²) in [6.07, 6.45) is 4.28. The Morgan fingerprint density at radius 2 is 2.33 bits per heavy atom. The zero-order valence-corrected chi connectivity index (χ0v) is 10.3. The molecule has 98 valence electrons. The highest BCUT2D eigenvalue weighted by Crippen LogP contribution is 2.38. The van der Waals surface area contributed by atoms with Crippen molar-refractivity contribution < 1.29 is 14.6 Å². The fraction of sp³-hybridized carbons (Fsp3) is 0.583. The SMILES string of the molecule is CCOc1cc(NC2(CC(=O)O)CCC2)ncn1. The van der Waals surface area contributed by atoms with Crippen LogP contribution in [0.1, 0.15) is 32.6 Å². The number of carbonyl (C=O) groups is 1. The van der Waals surface area contributed by atoms with Crippen LogP contribution in [0.2, 0.25) is 0 Å². The average Bonchev–Trinajstić information content (AvgIpc) is 2.26. The highest BCUT2D eigenvalue weighted by molar-refractivity contribution is 5.69.